The molecule has 0 aliphatic carbocycles. The number of carbonyl (C=O) groups excluding carboxylic acids is 3. The van der Waals surface area contributed by atoms with Gasteiger partial charge in [0.1, 0.15) is 11.9 Å². The van der Waals surface area contributed by atoms with Crippen molar-refractivity contribution >= 4 is 23.3 Å². The molecule has 50 heavy (non-hydrogen) atoms. The van der Waals surface area contributed by atoms with Gasteiger partial charge in [0.05, 0.1) is 25.0 Å². The molecule has 3 aromatic carbocycles. The summed E-state index contributed by atoms with van der Waals surface area (Å²) in [6.45, 7) is 1.27. The van der Waals surface area contributed by atoms with Crippen LogP contribution in [0, 0.1) is 0 Å². The highest BCUT2D eigenvalue weighted by Crippen LogP contribution is 2.25. The van der Waals surface area contributed by atoms with Gasteiger partial charge >= 0.3 is 0 Å². The maximum Gasteiger partial charge on any atom is 0.282 e. The SMILES string of the molecule is O=C(Cn1ccn2c(=O)c(-c3ccc(NC(=O)[C@@H]4CCCN4C(O)Cc4ccccc4)cc3)nc-2c1)[C@@H]1CCCN1C(=O)Cc1ccccc1. The Kier molecular flexibility index (Phi) is 9.68. The van der Waals surface area contributed by atoms with E-state index in [0.717, 1.165) is 24.0 Å². The van der Waals surface area contributed by atoms with Crippen LogP contribution < -0.4 is 10.9 Å². The molecule has 256 valence electrons. The van der Waals surface area contributed by atoms with Gasteiger partial charge in [-0.05, 0) is 48.9 Å². The van der Waals surface area contributed by atoms with E-state index in [1.165, 1.54) is 4.57 Å². The highest BCUT2D eigenvalue weighted by molar-refractivity contribution is 5.95. The average molecular weight is 673 g/mol. The van der Waals surface area contributed by atoms with Crippen molar-refractivity contribution in [1.82, 2.24) is 23.9 Å². The molecule has 3 atom stereocenters. The summed E-state index contributed by atoms with van der Waals surface area (Å²) in [6.07, 6.45) is 7.79. The van der Waals surface area contributed by atoms with Crippen molar-refractivity contribution < 1.29 is 19.5 Å². The number of rotatable bonds is 11. The van der Waals surface area contributed by atoms with Crippen LogP contribution in [0.3, 0.4) is 0 Å². The number of carbonyl (C=O) groups is 3. The van der Waals surface area contributed by atoms with Gasteiger partial charge in [-0.25, -0.2) is 4.98 Å². The number of hydrogen-bond donors (Lipinski definition) is 2. The Hall–Kier alpha value is -5.39. The number of likely N-dealkylation sites (tertiary alicyclic amines) is 2. The van der Waals surface area contributed by atoms with E-state index in [4.69, 9.17) is 0 Å². The van der Waals surface area contributed by atoms with Gasteiger partial charge < -0.3 is 19.9 Å². The first-order valence-electron chi connectivity index (χ1n) is 17.2. The molecule has 0 radical (unpaired) electrons. The molecule has 0 aromatic heterocycles. The summed E-state index contributed by atoms with van der Waals surface area (Å²) in [6, 6.07) is 25.3. The largest absolute Gasteiger partial charge is 0.378 e. The van der Waals surface area contributed by atoms with Crippen molar-refractivity contribution in [2.45, 2.75) is 63.4 Å². The number of nitrogens with zero attached hydrogens (tertiary/aromatic N) is 5. The fourth-order valence-corrected chi connectivity index (χ4v) is 7.16. The van der Waals surface area contributed by atoms with Crippen LogP contribution in [0.5, 0.6) is 0 Å². The fourth-order valence-electron chi connectivity index (χ4n) is 7.16. The molecule has 4 aliphatic heterocycles. The molecule has 2 amide bonds. The number of ketones is 1. The van der Waals surface area contributed by atoms with Crippen LogP contribution in [0.2, 0.25) is 0 Å². The number of fused-ring (bicyclic) bond motifs is 1. The zero-order valence-corrected chi connectivity index (χ0v) is 27.7. The van der Waals surface area contributed by atoms with Crippen LogP contribution in [0.15, 0.2) is 108 Å². The van der Waals surface area contributed by atoms with Gasteiger partial charge in [-0.2, -0.15) is 0 Å². The number of amides is 2. The Morgan fingerprint density at radius 1 is 0.840 bits per heavy atom. The lowest BCUT2D eigenvalue weighted by Crippen LogP contribution is -2.46. The number of aromatic nitrogens is 3. The Bertz CT molecular complexity index is 1990. The molecule has 4 heterocycles. The lowest BCUT2D eigenvalue weighted by molar-refractivity contribution is -0.137. The summed E-state index contributed by atoms with van der Waals surface area (Å²) in [5, 5.41) is 13.9. The number of aliphatic hydroxyl groups is 1. The molecule has 4 aliphatic rings. The quantitative estimate of drug-likeness (QED) is 0.218. The van der Waals surface area contributed by atoms with E-state index in [9.17, 15) is 24.3 Å². The number of nitrogens with one attached hydrogen (secondary N) is 1. The van der Waals surface area contributed by atoms with Crippen molar-refractivity contribution in [2.75, 3.05) is 18.4 Å². The zero-order valence-electron chi connectivity index (χ0n) is 27.7. The van der Waals surface area contributed by atoms with Crippen LogP contribution in [0.25, 0.3) is 17.1 Å². The van der Waals surface area contributed by atoms with E-state index in [2.05, 4.69) is 10.3 Å². The highest BCUT2D eigenvalue weighted by atomic mass is 16.3. The Morgan fingerprint density at radius 2 is 1.52 bits per heavy atom. The van der Waals surface area contributed by atoms with Crippen LogP contribution in [0.1, 0.15) is 36.8 Å². The lowest BCUT2D eigenvalue weighted by Gasteiger charge is -2.28. The third-order valence-electron chi connectivity index (χ3n) is 9.73. The van der Waals surface area contributed by atoms with Crippen molar-refractivity contribution in [2.24, 2.45) is 0 Å². The van der Waals surface area contributed by atoms with Gasteiger partial charge in [-0.3, -0.25) is 28.6 Å². The molecule has 11 nitrogen and oxygen atoms in total. The van der Waals surface area contributed by atoms with E-state index in [-0.39, 0.29) is 41.8 Å². The van der Waals surface area contributed by atoms with Gasteiger partial charge in [-0.15, -0.1) is 0 Å². The van der Waals surface area contributed by atoms with Crippen LogP contribution >= 0.6 is 0 Å². The van der Waals surface area contributed by atoms with Crippen molar-refractivity contribution in [1.29, 1.82) is 0 Å². The fraction of sp³-hybridized carbons (Fsp3) is 0.308. The summed E-state index contributed by atoms with van der Waals surface area (Å²) >= 11 is 0. The first kappa shape index (κ1) is 33.1. The van der Waals surface area contributed by atoms with Crippen LogP contribution in [-0.4, -0.2) is 78.0 Å². The molecule has 3 aromatic rings. The van der Waals surface area contributed by atoms with E-state index >= 15 is 0 Å². The molecule has 2 saturated heterocycles. The van der Waals surface area contributed by atoms with Gasteiger partial charge in [0.25, 0.3) is 5.56 Å². The number of imidazole rings is 1. The second-order valence-corrected chi connectivity index (χ2v) is 13.1. The van der Waals surface area contributed by atoms with Crippen LogP contribution in [-0.2, 0) is 33.8 Å². The first-order chi connectivity index (χ1) is 24.3. The van der Waals surface area contributed by atoms with Gasteiger partial charge in [0.2, 0.25) is 11.8 Å². The number of hydrogen-bond acceptors (Lipinski definition) is 7. The van der Waals surface area contributed by atoms with Crippen molar-refractivity contribution in [3.05, 3.63) is 125 Å². The maximum atomic E-state index is 13.4. The standard InChI is InChI=1S/C39H40N6O5/c46-33(31-13-7-19-43(31)35(47)23-27-9-3-1-4-10-27)25-42-21-22-45-34(26-42)41-37(39(45)50)29-15-17-30(18-16-29)40-38(49)32-14-8-20-44(32)36(48)24-28-11-5-2-6-12-28/h1-6,9-12,15-18,21-22,26,31-32,36,48H,7-8,13-14,19-20,23-25H2,(H,40,49)/t31-,32-,36?/m0/s1. The third kappa shape index (κ3) is 7.15. The molecule has 2 fully saturated rings. The Balaban J connectivity index is 0.990. The molecule has 11 heteroatoms. The van der Waals surface area contributed by atoms with Crippen molar-refractivity contribution in [3.8, 4) is 17.1 Å². The minimum absolute atomic E-state index is 0.0508. The topological polar surface area (TPSA) is 130 Å². The summed E-state index contributed by atoms with van der Waals surface area (Å²) < 4.78 is 3.14. The molecule has 2 N–H and O–H groups in total. The minimum Gasteiger partial charge on any atom is -0.378 e. The molecule has 0 spiro atoms. The monoisotopic (exact) mass is 672 g/mol. The summed E-state index contributed by atoms with van der Waals surface area (Å²) in [5.74, 6) is 0.109. The van der Waals surface area contributed by atoms with E-state index in [0.29, 0.717) is 49.4 Å². The highest BCUT2D eigenvalue weighted by Gasteiger charge is 2.35. The summed E-state index contributed by atoms with van der Waals surface area (Å²) in [4.78, 5) is 61.1. The van der Waals surface area contributed by atoms with Crippen molar-refractivity contribution in [3.63, 3.8) is 0 Å². The maximum absolute atomic E-state index is 13.4. The minimum atomic E-state index is -0.758. The molecule has 0 saturated carbocycles. The molecule has 7 rings (SSSR count). The normalized spacial score (nSPS) is 18.4. The first-order valence-corrected chi connectivity index (χ1v) is 17.2. The van der Waals surface area contributed by atoms with Gasteiger partial charge in [-0.1, -0.05) is 72.8 Å². The zero-order chi connectivity index (χ0) is 34.6. The average Bonchev–Trinajstić information content (AvgIpc) is 3.89. The number of anilines is 1. The van der Waals surface area contributed by atoms with Crippen LogP contribution in [0.4, 0.5) is 5.69 Å². The third-order valence-corrected chi connectivity index (χ3v) is 9.73. The summed E-state index contributed by atoms with van der Waals surface area (Å²) in [7, 11) is 0. The second-order valence-electron chi connectivity index (χ2n) is 13.1. The summed E-state index contributed by atoms with van der Waals surface area (Å²) in [5.41, 5.74) is 3.07. The molecular weight excluding hydrogens is 632 g/mol. The molecular formula is C39H40N6O5. The predicted octanol–water partition coefficient (Wildman–Crippen LogP) is 3.91. The molecule has 0 bridgehead atoms. The van der Waals surface area contributed by atoms with E-state index < -0.39 is 18.3 Å². The van der Waals surface area contributed by atoms with E-state index in [1.54, 1.807) is 52.3 Å². The number of Topliss-reactive ketones (excluding diaryl/α,β-unsaturated/α-hetero) is 1. The lowest BCUT2D eigenvalue weighted by atomic mass is 10.1. The number of aliphatic hydroxyl groups excluding tert-OH is 1. The predicted molar refractivity (Wildman–Crippen MR) is 189 cm³/mol. The van der Waals surface area contributed by atoms with Gasteiger partial charge in [0.15, 0.2) is 11.6 Å². The smallest absolute Gasteiger partial charge is 0.282 e. The second kappa shape index (κ2) is 14.6. The molecule has 1 unspecified atom stereocenters. The van der Waals surface area contributed by atoms with Gasteiger partial charge in [0, 0.05) is 49.4 Å². The van der Waals surface area contributed by atoms with E-state index in [1.807, 2.05) is 65.6 Å². The number of benzene rings is 3. The Morgan fingerprint density at radius 3 is 2.26 bits per heavy atom. The Labute approximate surface area is 290 Å².